The highest BCUT2D eigenvalue weighted by Crippen LogP contribution is 2.35. The first-order valence-electron chi connectivity index (χ1n) is 6.52. The summed E-state index contributed by atoms with van der Waals surface area (Å²) in [6.45, 7) is 10.0. The number of piperidine rings is 1. The summed E-state index contributed by atoms with van der Waals surface area (Å²) < 4.78 is 0. The van der Waals surface area contributed by atoms with Gasteiger partial charge in [-0.25, -0.2) is 0 Å². The third kappa shape index (κ3) is 3.09. The highest BCUT2D eigenvalue weighted by Gasteiger charge is 2.31. The largest absolute Gasteiger partial charge is 0.329 e. The highest BCUT2D eigenvalue weighted by atomic mass is 32.1. The molecule has 1 aliphatic rings. The fourth-order valence-corrected chi connectivity index (χ4v) is 3.84. The molecule has 1 aromatic rings. The quantitative estimate of drug-likeness (QED) is 0.895. The van der Waals surface area contributed by atoms with Gasteiger partial charge in [0, 0.05) is 22.8 Å². The van der Waals surface area contributed by atoms with Crippen molar-refractivity contribution in [2.24, 2.45) is 11.1 Å². The first-order chi connectivity index (χ1) is 8.02. The smallest absolute Gasteiger partial charge is 0.0564 e. The van der Waals surface area contributed by atoms with Crippen LogP contribution in [0.25, 0.3) is 0 Å². The van der Waals surface area contributed by atoms with Crippen molar-refractivity contribution in [2.75, 3.05) is 19.6 Å². The molecule has 2 heterocycles. The standard InChI is InChI=1S/C14H24N2S/c1-11-5-6-13(17-11)12(9-15)16-8-4-7-14(2,3)10-16/h5-6,12H,4,7-10,15H2,1-3H3. The molecule has 2 N–H and O–H groups in total. The van der Waals surface area contributed by atoms with E-state index in [9.17, 15) is 0 Å². The van der Waals surface area contributed by atoms with E-state index in [1.807, 2.05) is 11.3 Å². The summed E-state index contributed by atoms with van der Waals surface area (Å²) in [5.74, 6) is 0. The summed E-state index contributed by atoms with van der Waals surface area (Å²) in [4.78, 5) is 5.40. The van der Waals surface area contributed by atoms with Crippen molar-refractivity contribution in [3.8, 4) is 0 Å². The van der Waals surface area contributed by atoms with Gasteiger partial charge in [-0.05, 0) is 43.9 Å². The Hall–Kier alpha value is -0.380. The second-order valence-corrected chi connectivity index (χ2v) is 7.26. The number of nitrogens with zero attached hydrogens (tertiary/aromatic N) is 1. The van der Waals surface area contributed by atoms with Gasteiger partial charge in [0.05, 0.1) is 6.04 Å². The average Bonchev–Trinajstić information content (AvgIpc) is 2.64. The molecule has 1 saturated heterocycles. The van der Waals surface area contributed by atoms with Gasteiger partial charge in [-0.3, -0.25) is 4.90 Å². The van der Waals surface area contributed by atoms with E-state index in [-0.39, 0.29) is 0 Å². The number of thiophene rings is 1. The Balaban J connectivity index is 2.13. The van der Waals surface area contributed by atoms with Crippen molar-refractivity contribution in [3.05, 3.63) is 21.9 Å². The van der Waals surface area contributed by atoms with Gasteiger partial charge in [0.2, 0.25) is 0 Å². The van der Waals surface area contributed by atoms with E-state index in [0.29, 0.717) is 11.5 Å². The number of likely N-dealkylation sites (tertiary alicyclic amines) is 1. The molecule has 0 aromatic carbocycles. The zero-order chi connectivity index (χ0) is 12.5. The molecule has 96 valence electrons. The minimum absolute atomic E-state index is 0.424. The number of nitrogens with two attached hydrogens (primary N) is 1. The molecule has 0 radical (unpaired) electrons. The molecule has 3 heteroatoms. The molecular weight excluding hydrogens is 228 g/mol. The van der Waals surface area contributed by atoms with E-state index in [0.717, 1.165) is 6.54 Å². The maximum Gasteiger partial charge on any atom is 0.0564 e. The van der Waals surface area contributed by atoms with Crippen LogP contribution in [-0.4, -0.2) is 24.5 Å². The molecule has 0 saturated carbocycles. The van der Waals surface area contributed by atoms with Crippen LogP contribution in [0.4, 0.5) is 0 Å². The maximum absolute atomic E-state index is 6.00. The lowest BCUT2D eigenvalue weighted by Crippen LogP contribution is -2.44. The van der Waals surface area contributed by atoms with Crippen molar-refractivity contribution >= 4 is 11.3 Å². The summed E-state index contributed by atoms with van der Waals surface area (Å²) in [6.07, 6.45) is 2.64. The van der Waals surface area contributed by atoms with E-state index in [1.54, 1.807) is 0 Å². The van der Waals surface area contributed by atoms with Crippen molar-refractivity contribution in [3.63, 3.8) is 0 Å². The maximum atomic E-state index is 6.00. The topological polar surface area (TPSA) is 29.3 Å². The molecule has 2 nitrogen and oxygen atoms in total. The van der Waals surface area contributed by atoms with Gasteiger partial charge < -0.3 is 5.73 Å². The van der Waals surface area contributed by atoms with Gasteiger partial charge in [0.1, 0.15) is 0 Å². The van der Waals surface area contributed by atoms with Gasteiger partial charge in [-0.1, -0.05) is 13.8 Å². The van der Waals surface area contributed by atoms with Crippen molar-refractivity contribution in [2.45, 2.75) is 39.7 Å². The van der Waals surface area contributed by atoms with Crippen molar-refractivity contribution in [1.29, 1.82) is 0 Å². The zero-order valence-electron chi connectivity index (χ0n) is 11.2. The highest BCUT2D eigenvalue weighted by molar-refractivity contribution is 7.12. The molecule has 1 fully saturated rings. The molecule has 17 heavy (non-hydrogen) atoms. The van der Waals surface area contributed by atoms with Crippen LogP contribution in [0.15, 0.2) is 12.1 Å². The summed E-state index contributed by atoms with van der Waals surface area (Å²) in [5.41, 5.74) is 6.44. The predicted octanol–water partition coefficient (Wildman–Crippen LogP) is 3.18. The second kappa shape index (κ2) is 5.09. The third-order valence-electron chi connectivity index (χ3n) is 3.68. The van der Waals surface area contributed by atoms with E-state index in [4.69, 9.17) is 5.73 Å². The zero-order valence-corrected chi connectivity index (χ0v) is 12.0. The molecule has 0 aliphatic carbocycles. The van der Waals surface area contributed by atoms with Crippen LogP contribution in [-0.2, 0) is 0 Å². The molecule has 0 bridgehead atoms. The molecular formula is C14H24N2S. The SMILES string of the molecule is Cc1ccc(C(CN)N2CCCC(C)(C)C2)s1. The predicted molar refractivity (Wildman–Crippen MR) is 75.4 cm³/mol. The third-order valence-corrected chi connectivity index (χ3v) is 4.79. The molecule has 0 spiro atoms. The lowest BCUT2D eigenvalue weighted by atomic mass is 9.83. The van der Waals surface area contributed by atoms with E-state index in [2.05, 4.69) is 37.8 Å². The molecule has 1 atom stereocenters. The number of hydrogen-bond donors (Lipinski definition) is 1. The van der Waals surface area contributed by atoms with Crippen molar-refractivity contribution < 1.29 is 0 Å². The second-order valence-electron chi connectivity index (χ2n) is 5.94. The van der Waals surface area contributed by atoms with Gasteiger partial charge >= 0.3 is 0 Å². The summed E-state index contributed by atoms with van der Waals surface area (Å²) in [5, 5.41) is 0. The summed E-state index contributed by atoms with van der Waals surface area (Å²) in [6, 6.07) is 4.88. The van der Waals surface area contributed by atoms with Crippen LogP contribution in [0.5, 0.6) is 0 Å². The first kappa shape index (κ1) is 13.1. The van der Waals surface area contributed by atoms with Crippen LogP contribution in [0.3, 0.4) is 0 Å². The first-order valence-corrected chi connectivity index (χ1v) is 7.34. The Labute approximate surface area is 109 Å². The molecule has 1 aromatic heterocycles. The van der Waals surface area contributed by atoms with Crippen molar-refractivity contribution in [1.82, 2.24) is 4.90 Å². The monoisotopic (exact) mass is 252 g/mol. The van der Waals surface area contributed by atoms with Crippen LogP contribution in [0.2, 0.25) is 0 Å². The lowest BCUT2D eigenvalue weighted by Gasteiger charge is -2.41. The number of rotatable bonds is 3. The molecule has 2 rings (SSSR count). The lowest BCUT2D eigenvalue weighted by molar-refractivity contribution is 0.0820. The van der Waals surface area contributed by atoms with Gasteiger partial charge in [-0.15, -0.1) is 11.3 Å². The van der Waals surface area contributed by atoms with Crippen LogP contribution < -0.4 is 5.73 Å². The Bertz CT molecular complexity index is 370. The number of aryl methyl sites for hydroxylation is 1. The fourth-order valence-electron chi connectivity index (χ4n) is 2.81. The van der Waals surface area contributed by atoms with Crippen LogP contribution >= 0.6 is 11.3 Å². The Kier molecular flexibility index (Phi) is 3.91. The van der Waals surface area contributed by atoms with E-state index < -0.39 is 0 Å². The Morgan fingerprint density at radius 1 is 1.47 bits per heavy atom. The normalized spacial score (nSPS) is 22.6. The molecule has 1 unspecified atom stereocenters. The van der Waals surface area contributed by atoms with Crippen LogP contribution in [0, 0.1) is 12.3 Å². The number of hydrogen-bond acceptors (Lipinski definition) is 3. The average molecular weight is 252 g/mol. The Morgan fingerprint density at radius 2 is 2.24 bits per heavy atom. The summed E-state index contributed by atoms with van der Waals surface area (Å²) >= 11 is 1.89. The van der Waals surface area contributed by atoms with Crippen LogP contribution in [0.1, 0.15) is 42.5 Å². The minimum atomic E-state index is 0.424. The van der Waals surface area contributed by atoms with Gasteiger partial charge in [-0.2, -0.15) is 0 Å². The van der Waals surface area contributed by atoms with Gasteiger partial charge in [0.25, 0.3) is 0 Å². The molecule has 0 amide bonds. The molecule has 1 aliphatic heterocycles. The van der Waals surface area contributed by atoms with E-state index in [1.165, 1.54) is 35.7 Å². The summed E-state index contributed by atoms with van der Waals surface area (Å²) in [7, 11) is 0. The minimum Gasteiger partial charge on any atom is -0.329 e. The Morgan fingerprint density at radius 3 is 2.76 bits per heavy atom. The van der Waals surface area contributed by atoms with Gasteiger partial charge in [0.15, 0.2) is 0 Å². The fraction of sp³-hybridized carbons (Fsp3) is 0.714. The van der Waals surface area contributed by atoms with E-state index >= 15 is 0 Å².